The maximum Gasteiger partial charge on any atom is 0.269 e. The molecular weight excluding hydrogens is 709 g/mol. The highest BCUT2D eigenvalue weighted by atomic mass is 16.6. The third kappa shape index (κ3) is 8.80. The van der Waals surface area contributed by atoms with E-state index in [1.54, 1.807) is 60.7 Å². The zero-order chi connectivity index (χ0) is 40.1. The van der Waals surface area contributed by atoms with Gasteiger partial charge in [0, 0.05) is 68.1 Å². The van der Waals surface area contributed by atoms with E-state index in [0.29, 0.717) is 33.6 Å². The van der Waals surface area contributed by atoms with E-state index in [1.165, 1.54) is 42.5 Å². The van der Waals surface area contributed by atoms with Crippen molar-refractivity contribution >= 4 is 52.0 Å². The van der Waals surface area contributed by atoms with E-state index in [-0.39, 0.29) is 39.6 Å². The van der Waals surface area contributed by atoms with E-state index >= 15 is 0 Å². The minimum absolute atomic E-state index is 0.00112. The summed E-state index contributed by atoms with van der Waals surface area (Å²) in [5, 5.41) is 19.3. The molecule has 0 bridgehead atoms. The molecule has 6 rings (SSSR count). The lowest BCUT2D eigenvalue weighted by Crippen LogP contribution is -2.18. The predicted molar refractivity (Wildman–Crippen MR) is 215 cm³/mol. The highest BCUT2D eigenvalue weighted by Gasteiger charge is 2.19. The third-order valence-electron chi connectivity index (χ3n) is 9.36. The van der Waals surface area contributed by atoms with Crippen molar-refractivity contribution in [3.63, 3.8) is 0 Å². The van der Waals surface area contributed by atoms with Gasteiger partial charge >= 0.3 is 0 Å². The Morgan fingerprint density at radius 1 is 0.411 bits per heavy atom. The molecule has 3 amide bonds. The summed E-state index contributed by atoms with van der Waals surface area (Å²) in [6.45, 7) is 7.76. The van der Waals surface area contributed by atoms with Crippen LogP contribution in [-0.4, -0.2) is 34.2 Å². The Balaban J connectivity index is 1.28. The summed E-state index contributed by atoms with van der Waals surface area (Å²) < 4.78 is 0. The Hall–Kier alpha value is -7.53. The summed E-state index contributed by atoms with van der Waals surface area (Å²) in [4.78, 5) is 77.9. The number of rotatable bonds is 11. The summed E-state index contributed by atoms with van der Waals surface area (Å²) >= 11 is 0. The van der Waals surface area contributed by atoms with E-state index in [2.05, 4.69) is 16.0 Å². The normalized spacial score (nSPS) is 10.6. The number of non-ortho nitro benzene ring substituents is 1. The van der Waals surface area contributed by atoms with E-state index < -0.39 is 22.6 Å². The van der Waals surface area contributed by atoms with Gasteiger partial charge in [-0.2, -0.15) is 0 Å². The first-order chi connectivity index (χ1) is 26.7. The summed E-state index contributed by atoms with van der Waals surface area (Å²) in [5.74, 6) is -2.36. The standard InChI is InChI=1S/C45H36N4O7/c1-26-11-13-33(19-28(26)3)41(50)31-7-5-9-37(22-31)46-44(53)35-21-36(25-39(24-35)48-43(52)30-15-17-40(18-16-30)49(55)56)45(54)47-38-10-6-8-32(23-38)42(51)34-14-12-27(2)29(4)20-34/h5-25H,1-4H3,(H,46,53)(H,47,54)(H,48,52). The fourth-order valence-corrected chi connectivity index (χ4v) is 5.88. The van der Waals surface area contributed by atoms with Gasteiger partial charge in [0.05, 0.1) is 4.92 Å². The second-order valence-corrected chi connectivity index (χ2v) is 13.4. The molecule has 0 radical (unpaired) electrons. The number of hydrogen-bond donors (Lipinski definition) is 3. The number of hydrogen-bond acceptors (Lipinski definition) is 7. The monoisotopic (exact) mass is 744 g/mol. The number of carbonyl (C=O) groups excluding carboxylic acids is 5. The van der Waals surface area contributed by atoms with Crippen LogP contribution in [0.2, 0.25) is 0 Å². The number of nitro groups is 1. The SMILES string of the molecule is Cc1ccc(C(=O)c2cccc(NC(=O)c3cc(NC(=O)c4ccc([N+](=O)[O-])cc4)cc(C(=O)Nc4cccc(C(=O)c5ccc(C)c(C)c5)c4)c3)c2)cc1C. The molecule has 0 saturated heterocycles. The zero-order valence-electron chi connectivity index (χ0n) is 30.9. The summed E-state index contributed by atoms with van der Waals surface area (Å²) in [5.41, 5.74) is 6.41. The predicted octanol–water partition coefficient (Wildman–Crippen LogP) is 9.05. The first-order valence-electron chi connectivity index (χ1n) is 17.5. The van der Waals surface area contributed by atoms with Gasteiger partial charge in [-0.3, -0.25) is 34.1 Å². The molecule has 0 atom stereocenters. The first kappa shape index (κ1) is 38.2. The van der Waals surface area contributed by atoms with Gasteiger partial charge in [-0.1, -0.05) is 48.5 Å². The molecule has 0 aliphatic heterocycles. The Morgan fingerprint density at radius 3 is 1.21 bits per heavy atom. The minimum atomic E-state index is -0.640. The molecule has 0 unspecified atom stereocenters. The molecule has 0 fully saturated rings. The molecule has 3 N–H and O–H groups in total. The van der Waals surface area contributed by atoms with Crippen LogP contribution in [0.4, 0.5) is 22.7 Å². The maximum atomic E-state index is 13.7. The van der Waals surface area contributed by atoms with Gasteiger partial charge in [0.1, 0.15) is 0 Å². The Kier molecular flexibility index (Phi) is 11.1. The van der Waals surface area contributed by atoms with Crippen LogP contribution in [-0.2, 0) is 0 Å². The molecule has 0 heterocycles. The van der Waals surface area contributed by atoms with Crippen molar-refractivity contribution in [1.82, 2.24) is 0 Å². The average molecular weight is 745 g/mol. The van der Waals surface area contributed by atoms with Crippen molar-refractivity contribution in [1.29, 1.82) is 0 Å². The zero-order valence-corrected chi connectivity index (χ0v) is 30.9. The number of anilines is 3. The number of nitrogens with zero attached hydrogens (tertiary/aromatic N) is 1. The second-order valence-electron chi connectivity index (χ2n) is 13.4. The van der Waals surface area contributed by atoms with Gasteiger partial charge < -0.3 is 16.0 Å². The van der Waals surface area contributed by atoms with Crippen LogP contribution in [0.15, 0.2) is 127 Å². The van der Waals surface area contributed by atoms with Crippen molar-refractivity contribution in [3.8, 4) is 0 Å². The number of benzene rings is 6. The highest BCUT2D eigenvalue weighted by Crippen LogP contribution is 2.23. The molecular formula is C45H36N4O7. The van der Waals surface area contributed by atoms with Gasteiger partial charge in [-0.15, -0.1) is 0 Å². The summed E-state index contributed by atoms with van der Waals surface area (Å²) in [7, 11) is 0. The number of nitro benzene ring substituents is 1. The first-order valence-corrected chi connectivity index (χ1v) is 17.5. The molecule has 11 heteroatoms. The number of ketones is 2. The lowest BCUT2D eigenvalue weighted by Gasteiger charge is -2.13. The maximum absolute atomic E-state index is 13.7. The molecule has 0 aromatic heterocycles. The van der Waals surface area contributed by atoms with Gasteiger partial charge in [-0.25, -0.2) is 0 Å². The smallest absolute Gasteiger partial charge is 0.269 e. The lowest BCUT2D eigenvalue weighted by atomic mass is 9.99. The second kappa shape index (κ2) is 16.2. The number of aryl methyl sites for hydroxylation is 4. The van der Waals surface area contributed by atoms with Crippen LogP contribution < -0.4 is 16.0 Å². The van der Waals surface area contributed by atoms with Crippen LogP contribution >= 0.6 is 0 Å². The Labute approximate surface area is 322 Å². The van der Waals surface area contributed by atoms with Crippen LogP contribution in [0.1, 0.15) is 85.2 Å². The van der Waals surface area contributed by atoms with Gasteiger partial charge in [-0.05, 0) is 117 Å². The Bertz CT molecular complexity index is 2440. The van der Waals surface area contributed by atoms with Crippen LogP contribution in [0, 0.1) is 37.8 Å². The molecule has 0 spiro atoms. The molecule has 6 aromatic carbocycles. The van der Waals surface area contributed by atoms with Crippen LogP contribution in [0.5, 0.6) is 0 Å². The van der Waals surface area contributed by atoms with Gasteiger partial charge in [0.2, 0.25) is 0 Å². The van der Waals surface area contributed by atoms with Crippen molar-refractivity contribution in [2.45, 2.75) is 27.7 Å². The molecule has 0 saturated carbocycles. The van der Waals surface area contributed by atoms with Crippen LogP contribution in [0.3, 0.4) is 0 Å². The molecule has 6 aromatic rings. The van der Waals surface area contributed by atoms with E-state index in [1.807, 2.05) is 52.0 Å². The number of carbonyl (C=O) groups is 5. The van der Waals surface area contributed by atoms with Crippen molar-refractivity contribution in [2.75, 3.05) is 16.0 Å². The highest BCUT2D eigenvalue weighted by molar-refractivity contribution is 6.14. The molecule has 11 nitrogen and oxygen atoms in total. The van der Waals surface area contributed by atoms with E-state index in [9.17, 15) is 34.1 Å². The van der Waals surface area contributed by atoms with Gasteiger partial charge in [0.15, 0.2) is 11.6 Å². The van der Waals surface area contributed by atoms with Crippen LogP contribution in [0.25, 0.3) is 0 Å². The van der Waals surface area contributed by atoms with Crippen molar-refractivity contribution < 1.29 is 28.9 Å². The van der Waals surface area contributed by atoms with Gasteiger partial charge in [0.25, 0.3) is 23.4 Å². The summed E-state index contributed by atoms with van der Waals surface area (Å²) in [6.07, 6.45) is 0. The van der Waals surface area contributed by atoms with Crippen molar-refractivity contribution in [3.05, 3.63) is 199 Å². The quantitative estimate of drug-likeness (QED) is 0.0677. The molecule has 56 heavy (non-hydrogen) atoms. The third-order valence-corrected chi connectivity index (χ3v) is 9.36. The lowest BCUT2D eigenvalue weighted by molar-refractivity contribution is -0.384. The molecule has 278 valence electrons. The molecule has 0 aliphatic carbocycles. The van der Waals surface area contributed by atoms with E-state index in [4.69, 9.17) is 0 Å². The largest absolute Gasteiger partial charge is 0.322 e. The average Bonchev–Trinajstić information content (AvgIpc) is 3.19. The topological polar surface area (TPSA) is 165 Å². The minimum Gasteiger partial charge on any atom is -0.322 e. The Morgan fingerprint density at radius 2 is 0.786 bits per heavy atom. The molecule has 0 aliphatic rings. The van der Waals surface area contributed by atoms with E-state index in [0.717, 1.165) is 22.3 Å². The summed E-state index contributed by atoms with van der Waals surface area (Å²) in [6, 6.07) is 32.8. The number of nitrogens with one attached hydrogen (secondary N) is 3. The fourth-order valence-electron chi connectivity index (χ4n) is 5.88. The fraction of sp³-hybridized carbons (Fsp3) is 0.0889. The van der Waals surface area contributed by atoms with Crippen molar-refractivity contribution in [2.24, 2.45) is 0 Å². The number of amides is 3.